The number of halogens is 9. The number of ether oxygens (including phenoxy) is 3. The van der Waals surface area contributed by atoms with E-state index in [0.717, 1.165) is 37.8 Å². The minimum Gasteiger partial charge on any atom is -0.366 e. The van der Waals surface area contributed by atoms with Gasteiger partial charge in [-0.05, 0) is 69.1 Å². The lowest BCUT2D eigenvalue weighted by Crippen LogP contribution is -2.47. The van der Waals surface area contributed by atoms with Gasteiger partial charge in [0.1, 0.15) is 23.3 Å². The Kier molecular flexibility index (Phi) is 11.0. The highest BCUT2D eigenvalue weighted by Gasteiger charge is 2.50. The molecule has 0 radical (unpaired) electrons. The van der Waals surface area contributed by atoms with Crippen molar-refractivity contribution in [2.24, 2.45) is 5.92 Å². The first kappa shape index (κ1) is 32.0. The Morgan fingerprint density at radius 1 is 0.769 bits per heavy atom. The van der Waals surface area contributed by atoms with Gasteiger partial charge in [0.05, 0.1) is 24.7 Å². The van der Waals surface area contributed by atoms with Gasteiger partial charge in [0.25, 0.3) is 0 Å². The molecule has 12 heteroatoms. The van der Waals surface area contributed by atoms with Gasteiger partial charge in [0.2, 0.25) is 0 Å². The van der Waals surface area contributed by atoms with Crippen LogP contribution in [0.3, 0.4) is 0 Å². The Hall–Kier alpha value is -1.53. The largest absolute Gasteiger partial charge is 0.391 e. The highest BCUT2D eigenvalue weighted by molar-refractivity contribution is 5.28. The highest BCUT2D eigenvalue weighted by Crippen LogP contribution is 2.42. The van der Waals surface area contributed by atoms with E-state index in [1.807, 2.05) is 6.92 Å². The lowest BCUT2D eigenvalue weighted by atomic mass is 9.87. The van der Waals surface area contributed by atoms with Crippen LogP contribution in [-0.2, 0) is 26.7 Å². The average Bonchev–Trinajstić information content (AvgIpc) is 2.83. The molecule has 0 bridgehead atoms. The van der Waals surface area contributed by atoms with Crippen LogP contribution in [0.5, 0.6) is 0 Å². The maximum absolute atomic E-state index is 14.7. The Balaban J connectivity index is 1.50. The van der Waals surface area contributed by atoms with Crippen molar-refractivity contribution in [1.82, 2.24) is 0 Å². The predicted octanol–water partition coefficient (Wildman–Crippen LogP) is 8.82. The molecule has 1 aromatic carbocycles. The third-order valence-electron chi connectivity index (χ3n) is 7.35. The summed E-state index contributed by atoms with van der Waals surface area (Å²) in [6.45, 7) is 1.34. The van der Waals surface area contributed by atoms with E-state index in [2.05, 4.69) is 4.74 Å². The van der Waals surface area contributed by atoms with E-state index in [4.69, 9.17) is 9.47 Å². The standard InChI is InChI=1S/C27H35F9O3/c1-2-3-4-5-6-7-17-14-21(28)24(22(29)15-17)27(35,36)39-20-12-13-23(37-16-20)26(33,34)38-19-10-8-18(9-11-19)25(30,31)32/h14-15,18-20,23H,2-13,16H2,1H3. The molecule has 0 N–H and O–H groups in total. The molecule has 2 atom stereocenters. The molecule has 0 spiro atoms. The summed E-state index contributed by atoms with van der Waals surface area (Å²) < 4.78 is 140. The zero-order valence-electron chi connectivity index (χ0n) is 21.8. The minimum atomic E-state index is -4.39. The third-order valence-corrected chi connectivity index (χ3v) is 7.35. The zero-order chi connectivity index (χ0) is 28.8. The van der Waals surface area contributed by atoms with Gasteiger partial charge >= 0.3 is 18.4 Å². The van der Waals surface area contributed by atoms with Crippen LogP contribution in [0.15, 0.2) is 12.1 Å². The van der Waals surface area contributed by atoms with E-state index >= 15 is 0 Å². The van der Waals surface area contributed by atoms with Gasteiger partial charge in [-0.2, -0.15) is 30.7 Å². The Morgan fingerprint density at radius 2 is 1.36 bits per heavy atom. The van der Waals surface area contributed by atoms with Crippen LogP contribution >= 0.6 is 0 Å². The van der Waals surface area contributed by atoms with E-state index in [1.165, 1.54) is 0 Å². The monoisotopic (exact) mass is 578 g/mol. The summed E-state index contributed by atoms with van der Waals surface area (Å²) in [7, 11) is 0. The Morgan fingerprint density at radius 3 is 1.90 bits per heavy atom. The summed E-state index contributed by atoms with van der Waals surface area (Å²) in [5.41, 5.74) is -1.30. The van der Waals surface area contributed by atoms with E-state index in [0.29, 0.717) is 12.8 Å². The molecule has 3 rings (SSSR count). The SMILES string of the molecule is CCCCCCCc1cc(F)c(C(F)(F)OC2CCC(C(F)(F)OC3CCC(C(F)(F)F)CC3)OC2)c(F)c1. The van der Waals surface area contributed by atoms with Crippen molar-refractivity contribution < 1.29 is 53.7 Å². The topological polar surface area (TPSA) is 27.7 Å². The number of hydrogen-bond acceptors (Lipinski definition) is 3. The van der Waals surface area contributed by atoms with Gasteiger partial charge in [0.15, 0.2) is 0 Å². The summed E-state index contributed by atoms with van der Waals surface area (Å²) in [6, 6.07) is 1.70. The minimum absolute atomic E-state index is 0.195. The lowest BCUT2D eigenvalue weighted by molar-refractivity contribution is -0.342. The van der Waals surface area contributed by atoms with Crippen molar-refractivity contribution in [3.8, 4) is 0 Å². The molecular formula is C27H35F9O3. The zero-order valence-corrected chi connectivity index (χ0v) is 21.8. The number of hydrogen-bond donors (Lipinski definition) is 0. The van der Waals surface area contributed by atoms with Crippen LogP contribution < -0.4 is 0 Å². The van der Waals surface area contributed by atoms with Crippen molar-refractivity contribution in [2.75, 3.05) is 6.61 Å². The van der Waals surface area contributed by atoms with Gasteiger partial charge < -0.3 is 14.2 Å². The molecule has 1 aliphatic heterocycles. The van der Waals surface area contributed by atoms with Crippen LogP contribution in [0, 0.1) is 17.6 Å². The fourth-order valence-electron chi connectivity index (χ4n) is 5.14. The van der Waals surface area contributed by atoms with Crippen LogP contribution in [-0.4, -0.2) is 37.2 Å². The van der Waals surface area contributed by atoms with Crippen molar-refractivity contribution >= 4 is 0 Å². The maximum atomic E-state index is 14.7. The maximum Gasteiger partial charge on any atom is 0.391 e. The summed E-state index contributed by atoms with van der Waals surface area (Å²) in [5.74, 6) is -4.48. The van der Waals surface area contributed by atoms with Gasteiger partial charge in [-0.3, -0.25) is 0 Å². The predicted molar refractivity (Wildman–Crippen MR) is 124 cm³/mol. The second-order valence-corrected chi connectivity index (χ2v) is 10.4. The average molecular weight is 579 g/mol. The first-order valence-electron chi connectivity index (χ1n) is 13.5. The van der Waals surface area contributed by atoms with Crippen LogP contribution in [0.1, 0.15) is 88.7 Å². The molecule has 2 aliphatic rings. The molecule has 0 aromatic heterocycles. The molecule has 224 valence electrons. The molecular weight excluding hydrogens is 543 g/mol. The quantitative estimate of drug-likeness (QED) is 0.183. The molecule has 39 heavy (non-hydrogen) atoms. The normalized spacial score (nSPS) is 25.2. The molecule has 2 unspecified atom stereocenters. The van der Waals surface area contributed by atoms with Crippen molar-refractivity contribution in [1.29, 1.82) is 0 Å². The van der Waals surface area contributed by atoms with Crippen molar-refractivity contribution in [3.63, 3.8) is 0 Å². The molecule has 2 fully saturated rings. The van der Waals surface area contributed by atoms with E-state index in [1.54, 1.807) is 0 Å². The van der Waals surface area contributed by atoms with Gasteiger partial charge in [-0.15, -0.1) is 0 Å². The fraction of sp³-hybridized carbons (Fsp3) is 0.778. The van der Waals surface area contributed by atoms with Crippen LogP contribution in [0.2, 0.25) is 0 Å². The van der Waals surface area contributed by atoms with Gasteiger partial charge in [-0.1, -0.05) is 32.6 Å². The molecule has 1 saturated carbocycles. The van der Waals surface area contributed by atoms with Gasteiger partial charge in [0, 0.05) is 0 Å². The second-order valence-electron chi connectivity index (χ2n) is 10.4. The third kappa shape index (κ3) is 8.98. The Labute approximate surface area is 222 Å². The molecule has 1 heterocycles. The molecule has 1 saturated heterocycles. The molecule has 0 amide bonds. The number of benzene rings is 1. The molecule has 1 aromatic rings. The molecule has 3 nitrogen and oxygen atoms in total. The van der Waals surface area contributed by atoms with E-state index in [-0.39, 0.29) is 37.7 Å². The first-order valence-corrected chi connectivity index (χ1v) is 13.5. The van der Waals surface area contributed by atoms with Crippen molar-refractivity contribution in [3.05, 3.63) is 34.9 Å². The summed E-state index contributed by atoms with van der Waals surface area (Å²) in [4.78, 5) is 0. The smallest absolute Gasteiger partial charge is 0.366 e. The fourth-order valence-corrected chi connectivity index (χ4v) is 5.14. The summed E-state index contributed by atoms with van der Waals surface area (Å²) in [5, 5.41) is 0. The molecule has 1 aliphatic carbocycles. The number of rotatable bonds is 12. The van der Waals surface area contributed by atoms with E-state index in [9.17, 15) is 39.5 Å². The summed E-state index contributed by atoms with van der Waals surface area (Å²) in [6.07, 6.45) is -13.9. The van der Waals surface area contributed by atoms with Crippen molar-refractivity contribution in [2.45, 2.75) is 121 Å². The number of aryl methyl sites for hydroxylation is 1. The number of unbranched alkanes of at least 4 members (excludes halogenated alkanes) is 4. The van der Waals surface area contributed by atoms with E-state index < -0.39 is 72.8 Å². The Bertz CT molecular complexity index is 883. The number of alkyl halides is 7. The lowest BCUT2D eigenvalue weighted by Gasteiger charge is -2.37. The summed E-state index contributed by atoms with van der Waals surface area (Å²) >= 11 is 0. The first-order chi connectivity index (χ1) is 18.2. The van der Waals surface area contributed by atoms with Crippen LogP contribution in [0.25, 0.3) is 0 Å². The highest BCUT2D eigenvalue weighted by atomic mass is 19.4. The van der Waals surface area contributed by atoms with Gasteiger partial charge in [-0.25, -0.2) is 8.78 Å². The van der Waals surface area contributed by atoms with Crippen LogP contribution in [0.4, 0.5) is 39.5 Å². The second kappa shape index (κ2) is 13.4.